The van der Waals surface area contributed by atoms with Crippen molar-refractivity contribution < 1.29 is 4.21 Å². The Bertz CT molecular complexity index is 549. The van der Waals surface area contributed by atoms with Crippen molar-refractivity contribution in [2.45, 2.75) is 32.1 Å². The zero-order valence-electron chi connectivity index (χ0n) is 9.95. The van der Waals surface area contributed by atoms with Gasteiger partial charge >= 0.3 is 5.69 Å². The molecule has 0 saturated carbocycles. The molecule has 0 spiro atoms. The Labute approximate surface area is 106 Å². The number of aromatic amines is 1. The lowest BCUT2D eigenvalue weighted by atomic mass is 10.2. The molecule has 1 aromatic rings. The minimum absolute atomic E-state index is 0.0871. The maximum atomic E-state index is 12.0. The number of hydrogen-bond donors (Lipinski definition) is 1. The second-order valence-corrected chi connectivity index (χ2v) is 5.98. The van der Waals surface area contributed by atoms with Crippen LogP contribution in [0.5, 0.6) is 0 Å². The summed E-state index contributed by atoms with van der Waals surface area (Å²) in [5.74, 6) is 0. The molecule has 0 aliphatic carbocycles. The Hall–Kier alpha value is -0.880. The largest absolute Gasteiger partial charge is 0.329 e. The van der Waals surface area contributed by atoms with E-state index in [1.165, 1.54) is 0 Å². The first-order valence-corrected chi connectivity index (χ1v) is 7.22. The summed E-state index contributed by atoms with van der Waals surface area (Å²) in [6.45, 7) is 3.64. The Morgan fingerprint density at radius 3 is 2.53 bits per heavy atom. The Morgan fingerprint density at radius 2 is 2.06 bits per heavy atom. The minimum atomic E-state index is -1.09. The molecule has 0 fully saturated rings. The average Bonchev–Trinajstić information content (AvgIpc) is 2.24. The van der Waals surface area contributed by atoms with Crippen molar-refractivity contribution >= 4 is 22.4 Å². The highest BCUT2D eigenvalue weighted by atomic mass is 35.5. The summed E-state index contributed by atoms with van der Waals surface area (Å²) in [6.07, 6.45) is 1.98. The fourth-order valence-corrected chi connectivity index (χ4v) is 2.07. The zero-order chi connectivity index (χ0) is 13.2. The van der Waals surface area contributed by atoms with E-state index in [0.29, 0.717) is 12.0 Å². The van der Waals surface area contributed by atoms with Crippen LogP contribution < -0.4 is 11.2 Å². The summed E-state index contributed by atoms with van der Waals surface area (Å²) in [7, 11) is -1.09. The SMILES string of the molecule is CCc1c(Cl)[nH]c(=O)n(CC(C)S(C)=O)c1=O. The topological polar surface area (TPSA) is 71.9 Å². The predicted octanol–water partition coefficient (Wildman–Crippen LogP) is 0.519. The molecule has 0 saturated heterocycles. The van der Waals surface area contributed by atoms with Crippen molar-refractivity contribution in [2.24, 2.45) is 0 Å². The van der Waals surface area contributed by atoms with Crippen molar-refractivity contribution in [3.8, 4) is 0 Å². The number of rotatable bonds is 4. The number of nitrogens with one attached hydrogen (secondary N) is 1. The third kappa shape index (κ3) is 3.07. The fourth-order valence-electron chi connectivity index (χ4n) is 1.42. The second kappa shape index (κ2) is 5.64. The van der Waals surface area contributed by atoms with Gasteiger partial charge < -0.3 is 0 Å². The normalized spacial score (nSPS) is 14.6. The molecular formula is C10H15ClN2O3S. The fraction of sp³-hybridized carbons (Fsp3) is 0.600. The van der Waals surface area contributed by atoms with Crippen molar-refractivity contribution in [2.75, 3.05) is 6.26 Å². The summed E-state index contributed by atoms with van der Waals surface area (Å²) in [4.78, 5) is 26.0. The van der Waals surface area contributed by atoms with E-state index in [1.807, 2.05) is 0 Å². The number of halogens is 1. The van der Waals surface area contributed by atoms with E-state index in [0.717, 1.165) is 4.57 Å². The summed E-state index contributed by atoms with van der Waals surface area (Å²) >= 11 is 5.78. The van der Waals surface area contributed by atoms with Gasteiger partial charge in [0.15, 0.2) is 0 Å². The molecule has 1 heterocycles. The zero-order valence-corrected chi connectivity index (χ0v) is 11.5. The molecule has 17 heavy (non-hydrogen) atoms. The van der Waals surface area contributed by atoms with Gasteiger partial charge in [-0.05, 0) is 13.3 Å². The van der Waals surface area contributed by atoms with Crippen molar-refractivity contribution in [1.82, 2.24) is 9.55 Å². The molecule has 1 rings (SSSR count). The van der Waals surface area contributed by atoms with E-state index in [9.17, 15) is 13.8 Å². The highest BCUT2D eigenvalue weighted by molar-refractivity contribution is 7.84. The van der Waals surface area contributed by atoms with Gasteiger partial charge in [0.2, 0.25) is 0 Å². The van der Waals surface area contributed by atoms with Gasteiger partial charge in [0.05, 0.1) is 5.56 Å². The highest BCUT2D eigenvalue weighted by Crippen LogP contribution is 2.06. The molecular weight excluding hydrogens is 264 g/mol. The second-order valence-electron chi connectivity index (χ2n) is 3.80. The first-order chi connectivity index (χ1) is 7.88. The minimum Gasteiger partial charge on any atom is -0.297 e. The number of H-pyrrole nitrogens is 1. The van der Waals surface area contributed by atoms with Crippen molar-refractivity contribution in [3.05, 3.63) is 31.6 Å². The lowest BCUT2D eigenvalue weighted by molar-refractivity contribution is 0.600. The van der Waals surface area contributed by atoms with Crippen LogP contribution in [-0.4, -0.2) is 25.3 Å². The maximum Gasteiger partial charge on any atom is 0.329 e. The quantitative estimate of drug-likeness (QED) is 0.816. The highest BCUT2D eigenvalue weighted by Gasteiger charge is 2.14. The summed E-state index contributed by atoms with van der Waals surface area (Å²) in [5.41, 5.74) is -0.589. The van der Waals surface area contributed by atoms with E-state index in [2.05, 4.69) is 4.98 Å². The molecule has 0 aromatic carbocycles. The Balaban J connectivity index is 3.30. The van der Waals surface area contributed by atoms with Crippen LogP contribution in [0.1, 0.15) is 19.4 Å². The van der Waals surface area contributed by atoms with Gasteiger partial charge in [-0.3, -0.25) is 18.6 Å². The van der Waals surface area contributed by atoms with Gasteiger partial charge in [-0.1, -0.05) is 18.5 Å². The van der Waals surface area contributed by atoms with Gasteiger partial charge in [-0.2, -0.15) is 0 Å². The maximum absolute atomic E-state index is 12.0. The van der Waals surface area contributed by atoms with Crippen LogP contribution in [0, 0.1) is 0 Å². The molecule has 0 aliphatic heterocycles. The summed E-state index contributed by atoms with van der Waals surface area (Å²) in [6, 6.07) is 0. The lowest BCUT2D eigenvalue weighted by Crippen LogP contribution is -2.40. The summed E-state index contributed by atoms with van der Waals surface area (Å²) in [5, 5.41) is -0.177. The number of aromatic nitrogens is 2. The van der Waals surface area contributed by atoms with Crippen LogP contribution in [0.3, 0.4) is 0 Å². The van der Waals surface area contributed by atoms with Crippen LogP contribution in [0.4, 0.5) is 0 Å². The Morgan fingerprint density at radius 1 is 1.47 bits per heavy atom. The van der Waals surface area contributed by atoms with E-state index in [1.54, 1.807) is 20.1 Å². The standard InChI is InChI=1S/C10H15ClN2O3S/c1-4-7-8(11)12-10(15)13(9(7)14)5-6(2)17(3)16/h6H,4-5H2,1-3H3,(H,12,15). The van der Waals surface area contributed by atoms with Crippen LogP contribution in [0.15, 0.2) is 9.59 Å². The third-order valence-corrected chi connectivity index (χ3v) is 4.19. The van der Waals surface area contributed by atoms with E-state index in [4.69, 9.17) is 11.6 Å². The smallest absolute Gasteiger partial charge is 0.297 e. The van der Waals surface area contributed by atoms with Gasteiger partial charge in [-0.25, -0.2) is 4.79 Å². The summed E-state index contributed by atoms with van der Waals surface area (Å²) < 4.78 is 12.3. The molecule has 0 aliphatic rings. The molecule has 0 bridgehead atoms. The van der Waals surface area contributed by atoms with E-state index in [-0.39, 0.29) is 16.9 Å². The Kier molecular flexibility index (Phi) is 4.70. The number of hydrogen-bond acceptors (Lipinski definition) is 3. The predicted molar refractivity (Wildman–Crippen MR) is 69.2 cm³/mol. The van der Waals surface area contributed by atoms with Gasteiger partial charge in [0.25, 0.3) is 5.56 Å². The van der Waals surface area contributed by atoms with Crippen LogP contribution in [0.2, 0.25) is 5.15 Å². The van der Waals surface area contributed by atoms with E-state index < -0.39 is 22.0 Å². The molecule has 0 radical (unpaired) electrons. The molecule has 7 heteroatoms. The first kappa shape index (κ1) is 14.2. The van der Waals surface area contributed by atoms with Crippen LogP contribution >= 0.6 is 11.6 Å². The molecule has 2 atom stereocenters. The third-order valence-electron chi connectivity index (χ3n) is 2.59. The van der Waals surface area contributed by atoms with Crippen LogP contribution in [0.25, 0.3) is 0 Å². The van der Waals surface area contributed by atoms with E-state index >= 15 is 0 Å². The van der Waals surface area contributed by atoms with Crippen LogP contribution in [-0.2, 0) is 23.8 Å². The van der Waals surface area contributed by atoms with Gasteiger partial charge in [-0.15, -0.1) is 0 Å². The molecule has 5 nitrogen and oxygen atoms in total. The molecule has 1 N–H and O–H groups in total. The number of nitrogens with zero attached hydrogens (tertiary/aromatic N) is 1. The van der Waals surface area contributed by atoms with Gasteiger partial charge in [0, 0.05) is 28.9 Å². The average molecular weight is 279 g/mol. The lowest BCUT2D eigenvalue weighted by Gasteiger charge is -2.11. The molecule has 0 amide bonds. The first-order valence-electron chi connectivity index (χ1n) is 5.22. The monoisotopic (exact) mass is 278 g/mol. The van der Waals surface area contributed by atoms with Crippen molar-refractivity contribution in [3.63, 3.8) is 0 Å². The molecule has 2 unspecified atom stereocenters. The molecule has 1 aromatic heterocycles. The van der Waals surface area contributed by atoms with Crippen molar-refractivity contribution in [1.29, 1.82) is 0 Å². The van der Waals surface area contributed by atoms with Gasteiger partial charge in [0.1, 0.15) is 5.15 Å². The molecule has 96 valence electrons.